The maximum Gasteiger partial charge on any atom is 0.275 e. The molecule has 0 aliphatic carbocycles. The quantitative estimate of drug-likeness (QED) is 0.632. The maximum atomic E-state index is 12.7. The Bertz CT molecular complexity index is 1060. The molecule has 2 aromatic carbocycles. The number of ether oxygens (including phenoxy) is 1. The molecule has 0 radical (unpaired) electrons. The van der Waals surface area contributed by atoms with Gasteiger partial charge in [-0.15, -0.1) is 11.3 Å². The smallest absolute Gasteiger partial charge is 0.275 e. The van der Waals surface area contributed by atoms with Gasteiger partial charge < -0.3 is 15.0 Å². The molecule has 0 spiro atoms. The molecule has 1 aromatic heterocycles. The first-order valence-electron chi connectivity index (χ1n) is 9.91. The number of amides is 2. The third-order valence-corrected chi connectivity index (χ3v) is 5.93. The van der Waals surface area contributed by atoms with Gasteiger partial charge in [0.15, 0.2) is 0 Å². The summed E-state index contributed by atoms with van der Waals surface area (Å²) in [6.45, 7) is 1.36. The van der Waals surface area contributed by atoms with Gasteiger partial charge in [-0.1, -0.05) is 24.3 Å². The van der Waals surface area contributed by atoms with Gasteiger partial charge in [0.25, 0.3) is 5.91 Å². The van der Waals surface area contributed by atoms with Crippen LogP contribution in [-0.4, -0.2) is 35.4 Å². The molecule has 154 valence electrons. The molecule has 3 aromatic rings. The van der Waals surface area contributed by atoms with E-state index in [1.807, 2.05) is 53.4 Å². The Labute approximate surface area is 179 Å². The van der Waals surface area contributed by atoms with Gasteiger partial charge in [0.2, 0.25) is 5.91 Å². The largest absolute Gasteiger partial charge is 0.496 e. The molecular formula is C23H23N3O3S. The second-order valence-corrected chi connectivity index (χ2v) is 8.02. The van der Waals surface area contributed by atoms with Crippen LogP contribution < -0.4 is 10.1 Å². The molecule has 0 bridgehead atoms. The van der Waals surface area contributed by atoms with Crippen LogP contribution in [-0.2, 0) is 11.3 Å². The zero-order valence-electron chi connectivity index (χ0n) is 16.8. The van der Waals surface area contributed by atoms with Crippen LogP contribution in [0.15, 0.2) is 53.9 Å². The van der Waals surface area contributed by atoms with E-state index in [0.717, 1.165) is 41.3 Å². The highest BCUT2D eigenvalue weighted by atomic mass is 32.1. The minimum absolute atomic E-state index is 0.196. The number of para-hydroxylation sites is 1. The van der Waals surface area contributed by atoms with E-state index in [1.54, 1.807) is 12.5 Å². The normalized spacial score (nSPS) is 13.9. The molecular weight excluding hydrogens is 398 g/mol. The van der Waals surface area contributed by atoms with E-state index in [0.29, 0.717) is 24.3 Å². The number of anilines is 1. The van der Waals surface area contributed by atoms with E-state index in [2.05, 4.69) is 10.3 Å². The summed E-state index contributed by atoms with van der Waals surface area (Å²) >= 11 is 1.40. The fourth-order valence-electron chi connectivity index (χ4n) is 3.51. The summed E-state index contributed by atoms with van der Waals surface area (Å²) in [7, 11) is 1.62. The summed E-state index contributed by atoms with van der Waals surface area (Å²) in [5, 5.41) is 5.39. The number of nitrogens with one attached hydrogen (secondary N) is 1. The summed E-state index contributed by atoms with van der Waals surface area (Å²) in [6, 6.07) is 15.2. The number of nitrogens with zero attached hydrogens (tertiary/aromatic N) is 2. The lowest BCUT2D eigenvalue weighted by Gasteiger charge is -2.26. The second kappa shape index (κ2) is 9.09. The van der Waals surface area contributed by atoms with Crippen LogP contribution in [0.4, 0.5) is 5.69 Å². The third-order valence-electron chi connectivity index (χ3n) is 5.05. The van der Waals surface area contributed by atoms with Crippen molar-refractivity contribution < 1.29 is 14.3 Å². The Kier molecular flexibility index (Phi) is 6.09. The number of aromatic nitrogens is 1. The minimum atomic E-state index is -0.265. The summed E-state index contributed by atoms with van der Waals surface area (Å²) < 4.78 is 5.39. The van der Waals surface area contributed by atoms with Crippen molar-refractivity contribution in [1.82, 2.24) is 9.88 Å². The first-order chi connectivity index (χ1) is 14.6. The Morgan fingerprint density at radius 3 is 2.90 bits per heavy atom. The Morgan fingerprint density at radius 1 is 1.20 bits per heavy atom. The number of rotatable bonds is 6. The molecule has 1 saturated heterocycles. The van der Waals surface area contributed by atoms with Gasteiger partial charge in [0.1, 0.15) is 16.5 Å². The third kappa shape index (κ3) is 4.52. The van der Waals surface area contributed by atoms with Crippen LogP contribution in [0.5, 0.6) is 5.75 Å². The SMILES string of the molecule is COc1ccccc1-c1nc(C(=O)Nc2cccc(CN3CCCCC3=O)c2)cs1. The van der Waals surface area contributed by atoms with Crippen LogP contribution in [0, 0.1) is 0 Å². The van der Waals surface area contributed by atoms with Crippen molar-refractivity contribution in [1.29, 1.82) is 0 Å². The van der Waals surface area contributed by atoms with Crippen molar-refractivity contribution in [3.05, 3.63) is 65.2 Å². The Balaban J connectivity index is 1.45. The lowest BCUT2D eigenvalue weighted by atomic mass is 10.1. The van der Waals surface area contributed by atoms with E-state index < -0.39 is 0 Å². The number of hydrogen-bond donors (Lipinski definition) is 1. The highest BCUT2D eigenvalue weighted by Crippen LogP contribution is 2.32. The highest BCUT2D eigenvalue weighted by Gasteiger charge is 2.18. The molecule has 30 heavy (non-hydrogen) atoms. The number of carbonyl (C=O) groups is 2. The second-order valence-electron chi connectivity index (χ2n) is 7.17. The lowest BCUT2D eigenvalue weighted by Crippen LogP contribution is -2.34. The standard InChI is InChI=1S/C23H23N3O3S/c1-29-20-10-3-2-9-18(20)23-25-19(15-30-23)22(28)24-17-8-6-7-16(13-17)14-26-12-5-4-11-21(26)27/h2-3,6-10,13,15H,4-5,11-12,14H2,1H3,(H,24,28). The summed E-state index contributed by atoms with van der Waals surface area (Å²) in [5.74, 6) is 0.652. The topological polar surface area (TPSA) is 71.5 Å². The maximum absolute atomic E-state index is 12.7. The van der Waals surface area contributed by atoms with Crippen molar-refractivity contribution >= 4 is 28.8 Å². The van der Waals surface area contributed by atoms with Crippen LogP contribution in [0.3, 0.4) is 0 Å². The van der Waals surface area contributed by atoms with Crippen molar-refractivity contribution in [3.63, 3.8) is 0 Å². The van der Waals surface area contributed by atoms with Gasteiger partial charge in [-0.3, -0.25) is 9.59 Å². The highest BCUT2D eigenvalue weighted by molar-refractivity contribution is 7.13. The zero-order valence-corrected chi connectivity index (χ0v) is 17.6. The number of piperidine rings is 1. The molecule has 1 aliphatic heterocycles. The summed E-state index contributed by atoms with van der Waals surface area (Å²) in [6.07, 6.45) is 2.63. The van der Waals surface area contributed by atoms with Gasteiger partial charge in [-0.05, 0) is 42.7 Å². The fraction of sp³-hybridized carbons (Fsp3) is 0.261. The molecule has 1 aliphatic rings. The number of benzene rings is 2. The Hall–Kier alpha value is -3.19. The summed E-state index contributed by atoms with van der Waals surface area (Å²) in [4.78, 5) is 31.1. The van der Waals surface area contributed by atoms with E-state index in [1.165, 1.54) is 11.3 Å². The van der Waals surface area contributed by atoms with E-state index >= 15 is 0 Å². The number of thiazole rings is 1. The molecule has 1 N–H and O–H groups in total. The molecule has 4 rings (SSSR count). The van der Waals surface area contributed by atoms with Crippen LogP contribution in [0.2, 0.25) is 0 Å². The van der Waals surface area contributed by atoms with Gasteiger partial charge in [0, 0.05) is 30.6 Å². The predicted molar refractivity (Wildman–Crippen MR) is 118 cm³/mol. The molecule has 7 heteroatoms. The zero-order chi connectivity index (χ0) is 20.9. The van der Waals surface area contributed by atoms with Gasteiger partial charge in [-0.2, -0.15) is 0 Å². The van der Waals surface area contributed by atoms with Crippen molar-refractivity contribution in [2.45, 2.75) is 25.8 Å². The van der Waals surface area contributed by atoms with E-state index in [4.69, 9.17) is 4.74 Å². The van der Waals surface area contributed by atoms with Crippen molar-refractivity contribution in [3.8, 4) is 16.3 Å². The number of carbonyl (C=O) groups excluding carboxylic acids is 2. The van der Waals surface area contributed by atoms with Crippen LogP contribution >= 0.6 is 11.3 Å². The molecule has 0 unspecified atom stereocenters. The van der Waals surface area contributed by atoms with E-state index in [-0.39, 0.29) is 11.8 Å². The average Bonchev–Trinajstić information content (AvgIpc) is 3.26. The number of methoxy groups -OCH3 is 1. The van der Waals surface area contributed by atoms with Crippen LogP contribution in [0.25, 0.3) is 10.6 Å². The number of hydrogen-bond acceptors (Lipinski definition) is 5. The first-order valence-corrected chi connectivity index (χ1v) is 10.8. The first kappa shape index (κ1) is 20.1. The van der Waals surface area contributed by atoms with Crippen LogP contribution in [0.1, 0.15) is 35.3 Å². The molecule has 6 nitrogen and oxygen atoms in total. The molecule has 2 heterocycles. The van der Waals surface area contributed by atoms with Crippen molar-refractivity contribution in [2.75, 3.05) is 19.0 Å². The molecule has 0 saturated carbocycles. The van der Waals surface area contributed by atoms with Crippen molar-refractivity contribution in [2.24, 2.45) is 0 Å². The molecule has 1 fully saturated rings. The fourth-order valence-corrected chi connectivity index (χ4v) is 4.34. The van der Waals surface area contributed by atoms with Gasteiger partial charge >= 0.3 is 0 Å². The molecule has 2 amide bonds. The Morgan fingerprint density at radius 2 is 2.07 bits per heavy atom. The number of likely N-dealkylation sites (tertiary alicyclic amines) is 1. The van der Waals surface area contributed by atoms with E-state index in [9.17, 15) is 9.59 Å². The lowest BCUT2D eigenvalue weighted by molar-refractivity contribution is -0.133. The monoisotopic (exact) mass is 421 g/mol. The summed E-state index contributed by atoms with van der Waals surface area (Å²) in [5.41, 5.74) is 2.90. The van der Waals surface area contributed by atoms with Gasteiger partial charge in [-0.25, -0.2) is 4.98 Å². The predicted octanol–water partition coefficient (Wildman–Crippen LogP) is 4.58. The molecule has 0 atom stereocenters. The average molecular weight is 422 g/mol. The van der Waals surface area contributed by atoms with Gasteiger partial charge in [0.05, 0.1) is 12.7 Å². The minimum Gasteiger partial charge on any atom is -0.496 e.